The van der Waals surface area contributed by atoms with Crippen LogP contribution < -0.4 is 15.4 Å². The molecule has 0 radical (unpaired) electrons. The molecule has 0 fully saturated rings. The Morgan fingerprint density at radius 3 is 2.73 bits per heavy atom. The van der Waals surface area contributed by atoms with Crippen molar-refractivity contribution in [3.63, 3.8) is 0 Å². The molecule has 0 bridgehead atoms. The van der Waals surface area contributed by atoms with Gasteiger partial charge >= 0.3 is 0 Å². The number of carbonyl (C=O) groups is 2. The van der Waals surface area contributed by atoms with E-state index in [1.807, 2.05) is 0 Å². The minimum absolute atomic E-state index is 0.303. The first-order valence-corrected chi connectivity index (χ1v) is 8.13. The third kappa shape index (κ3) is 3.10. The highest BCUT2D eigenvalue weighted by molar-refractivity contribution is 6.30. The van der Waals surface area contributed by atoms with Gasteiger partial charge in [0.1, 0.15) is 11.4 Å². The zero-order valence-corrected chi connectivity index (χ0v) is 14.1. The smallest absolute Gasteiger partial charge is 0.259 e. The summed E-state index contributed by atoms with van der Waals surface area (Å²) in [5, 5.41) is 6.05. The molecule has 1 aliphatic rings. The van der Waals surface area contributed by atoms with E-state index in [0.29, 0.717) is 39.2 Å². The number of carbonyl (C=O) groups excluding carboxylic acids is 2. The van der Waals surface area contributed by atoms with E-state index in [4.69, 9.17) is 16.3 Å². The summed E-state index contributed by atoms with van der Waals surface area (Å²) < 4.78 is 5.71. The van der Waals surface area contributed by atoms with Crippen molar-refractivity contribution < 1.29 is 14.3 Å². The Kier molecular flexibility index (Phi) is 4.02. The van der Waals surface area contributed by atoms with Crippen LogP contribution in [-0.4, -0.2) is 16.8 Å². The highest BCUT2D eigenvalue weighted by Crippen LogP contribution is 2.34. The Morgan fingerprint density at radius 2 is 1.92 bits per heavy atom. The monoisotopic (exact) mass is 365 g/mol. The number of nitrogens with one attached hydrogen (secondary N) is 2. The van der Waals surface area contributed by atoms with Crippen molar-refractivity contribution in [1.29, 1.82) is 0 Å². The standard InChI is InChI=1S/C19H12ClN3O3/c20-12-5-3-11(4-6-12)17(24)22-13-7-8-16-14(10-13)18(25)23-15-2-1-9-21-19(15)26-16/h1-10H,(H,22,24)(H,23,25). The van der Waals surface area contributed by atoms with Gasteiger partial charge in [-0.25, -0.2) is 4.98 Å². The fourth-order valence-corrected chi connectivity index (χ4v) is 2.67. The normalized spacial score (nSPS) is 12.1. The number of ether oxygens (including phenoxy) is 1. The summed E-state index contributed by atoms with van der Waals surface area (Å²) in [6.45, 7) is 0. The number of hydrogen-bond acceptors (Lipinski definition) is 4. The van der Waals surface area contributed by atoms with Gasteiger partial charge in [-0.05, 0) is 54.6 Å². The first-order valence-electron chi connectivity index (χ1n) is 7.75. The molecule has 0 spiro atoms. The fourth-order valence-electron chi connectivity index (χ4n) is 2.54. The molecule has 1 aliphatic heterocycles. The quantitative estimate of drug-likeness (QED) is 0.707. The average molecular weight is 366 g/mol. The Balaban J connectivity index is 1.61. The lowest BCUT2D eigenvalue weighted by Crippen LogP contribution is -2.14. The molecular formula is C19H12ClN3O3. The van der Waals surface area contributed by atoms with E-state index in [9.17, 15) is 9.59 Å². The van der Waals surface area contributed by atoms with Crippen molar-refractivity contribution in [2.45, 2.75) is 0 Å². The lowest BCUT2D eigenvalue weighted by atomic mass is 10.1. The summed E-state index contributed by atoms with van der Waals surface area (Å²) >= 11 is 5.83. The number of rotatable bonds is 2. The van der Waals surface area contributed by atoms with E-state index in [1.54, 1.807) is 60.8 Å². The zero-order valence-electron chi connectivity index (χ0n) is 13.3. The van der Waals surface area contributed by atoms with Crippen LogP contribution in [0.5, 0.6) is 11.6 Å². The van der Waals surface area contributed by atoms with E-state index < -0.39 is 0 Å². The largest absolute Gasteiger partial charge is 0.436 e. The number of pyridine rings is 1. The molecule has 2 amide bonds. The molecule has 1 aromatic heterocycles. The van der Waals surface area contributed by atoms with Gasteiger partial charge in [-0.2, -0.15) is 0 Å². The third-order valence-electron chi connectivity index (χ3n) is 3.81. The lowest BCUT2D eigenvalue weighted by molar-refractivity contribution is 0.101. The second-order valence-electron chi connectivity index (χ2n) is 5.58. The second kappa shape index (κ2) is 6.50. The van der Waals surface area contributed by atoms with Crippen LogP contribution in [0.15, 0.2) is 60.8 Å². The molecule has 26 heavy (non-hydrogen) atoms. The molecule has 2 heterocycles. The van der Waals surface area contributed by atoms with Gasteiger partial charge in [0.2, 0.25) is 5.88 Å². The first-order chi connectivity index (χ1) is 12.6. The minimum Gasteiger partial charge on any atom is -0.436 e. The summed E-state index contributed by atoms with van der Waals surface area (Å²) in [5.41, 5.74) is 1.72. The number of aromatic nitrogens is 1. The van der Waals surface area contributed by atoms with Gasteiger partial charge in [0, 0.05) is 22.5 Å². The molecule has 6 nitrogen and oxygen atoms in total. The van der Waals surface area contributed by atoms with Crippen molar-refractivity contribution in [3.8, 4) is 11.6 Å². The molecule has 3 aromatic rings. The predicted molar refractivity (Wildman–Crippen MR) is 98.1 cm³/mol. The number of hydrogen-bond donors (Lipinski definition) is 2. The second-order valence-corrected chi connectivity index (χ2v) is 6.02. The van der Waals surface area contributed by atoms with E-state index in [2.05, 4.69) is 15.6 Å². The molecule has 0 saturated carbocycles. The van der Waals surface area contributed by atoms with Crippen molar-refractivity contribution >= 4 is 34.8 Å². The van der Waals surface area contributed by atoms with Crippen molar-refractivity contribution in [1.82, 2.24) is 4.98 Å². The molecule has 2 aromatic carbocycles. The lowest BCUT2D eigenvalue weighted by Gasteiger charge is -2.09. The average Bonchev–Trinajstić information content (AvgIpc) is 2.78. The molecular weight excluding hydrogens is 354 g/mol. The van der Waals surface area contributed by atoms with Gasteiger partial charge in [0.15, 0.2) is 0 Å². The zero-order chi connectivity index (χ0) is 18.1. The van der Waals surface area contributed by atoms with Gasteiger partial charge in [0.25, 0.3) is 11.8 Å². The Hall–Kier alpha value is -3.38. The van der Waals surface area contributed by atoms with Crippen LogP contribution >= 0.6 is 11.6 Å². The van der Waals surface area contributed by atoms with Crippen LogP contribution in [0.2, 0.25) is 5.02 Å². The maximum Gasteiger partial charge on any atom is 0.259 e. The third-order valence-corrected chi connectivity index (χ3v) is 4.07. The van der Waals surface area contributed by atoms with E-state index >= 15 is 0 Å². The topological polar surface area (TPSA) is 80.3 Å². The maximum atomic E-state index is 12.5. The van der Waals surface area contributed by atoms with Crippen LogP contribution in [0.1, 0.15) is 20.7 Å². The molecule has 128 valence electrons. The van der Waals surface area contributed by atoms with Crippen LogP contribution in [0.4, 0.5) is 11.4 Å². The van der Waals surface area contributed by atoms with E-state index in [-0.39, 0.29) is 11.8 Å². The van der Waals surface area contributed by atoms with Gasteiger partial charge < -0.3 is 15.4 Å². The van der Waals surface area contributed by atoms with Gasteiger partial charge in [0.05, 0.1) is 5.56 Å². The summed E-state index contributed by atoms with van der Waals surface area (Å²) in [6, 6.07) is 14.8. The number of anilines is 2. The number of fused-ring (bicyclic) bond motifs is 2. The number of halogens is 1. The molecule has 7 heteroatoms. The first kappa shape index (κ1) is 16.1. The van der Waals surface area contributed by atoms with Crippen LogP contribution in [-0.2, 0) is 0 Å². The van der Waals surface area contributed by atoms with E-state index in [1.165, 1.54) is 0 Å². The van der Waals surface area contributed by atoms with Gasteiger partial charge in [-0.15, -0.1) is 0 Å². The molecule has 0 atom stereocenters. The predicted octanol–water partition coefficient (Wildman–Crippen LogP) is 4.35. The number of benzene rings is 2. The Bertz CT molecular complexity index is 1020. The SMILES string of the molecule is O=C(Nc1ccc2c(c1)C(=O)Nc1cccnc1O2)c1ccc(Cl)cc1. The minimum atomic E-state index is -0.339. The maximum absolute atomic E-state index is 12.5. The highest BCUT2D eigenvalue weighted by atomic mass is 35.5. The van der Waals surface area contributed by atoms with Crippen LogP contribution in [0, 0.1) is 0 Å². The molecule has 0 aliphatic carbocycles. The van der Waals surface area contributed by atoms with Crippen molar-refractivity contribution in [3.05, 3.63) is 76.9 Å². The molecule has 2 N–H and O–H groups in total. The number of amides is 2. The van der Waals surface area contributed by atoms with E-state index in [0.717, 1.165) is 0 Å². The highest BCUT2D eigenvalue weighted by Gasteiger charge is 2.22. The fraction of sp³-hybridized carbons (Fsp3) is 0. The van der Waals surface area contributed by atoms with Crippen molar-refractivity contribution in [2.24, 2.45) is 0 Å². The summed E-state index contributed by atoms with van der Waals surface area (Å²) in [7, 11) is 0. The van der Waals surface area contributed by atoms with Crippen molar-refractivity contribution in [2.75, 3.05) is 10.6 Å². The summed E-state index contributed by atoms with van der Waals surface area (Å²) in [4.78, 5) is 28.9. The summed E-state index contributed by atoms with van der Waals surface area (Å²) in [6.07, 6.45) is 1.58. The van der Waals surface area contributed by atoms with Crippen LogP contribution in [0.25, 0.3) is 0 Å². The van der Waals surface area contributed by atoms with Gasteiger partial charge in [-0.1, -0.05) is 11.6 Å². The summed E-state index contributed by atoms with van der Waals surface area (Å²) in [5.74, 6) is 0.0397. The Morgan fingerprint density at radius 1 is 1.12 bits per heavy atom. The Labute approximate surface area is 153 Å². The van der Waals surface area contributed by atoms with Crippen LogP contribution in [0.3, 0.4) is 0 Å². The van der Waals surface area contributed by atoms with Gasteiger partial charge in [-0.3, -0.25) is 9.59 Å². The molecule has 0 unspecified atom stereocenters. The molecule has 4 rings (SSSR count). The molecule has 0 saturated heterocycles. The number of nitrogens with zero attached hydrogens (tertiary/aromatic N) is 1.